The van der Waals surface area contributed by atoms with Gasteiger partial charge in [-0.25, -0.2) is 14.8 Å². The van der Waals surface area contributed by atoms with Crippen molar-refractivity contribution in [1.29, 1.82) is 0 Å². The number of aromatic nitrogens is 2. The number of carbonyl (C=O) groups excluding carboxylic acids is 1. The van der Waals surface area contributed by atoms with Crippen LogP contribution in [-0.2, 0) is 0 Å². The first-order valence-electron chi connectivity index (χ1n) is 4.94. The van der Waals surface area contributed by atoms with Gasteiger partial charge in [-0.1, -0.05) is 0 Å². The molecule has 0 atom stereocenters. The number of nitrogens with zero attached hydrogens (tertiary/aromatic N) is 2. The van der Waals surface area contributed by atoms with Crippen molar-refractivity contribution in [2.75, 3.05) is 16.4 Å². The van der Waals surface area contributed by atoms with Crippen LogP contribution in [0.15, 0.2) is 42.7 Å². The molecule has 1 aromatic heterocycles. The lowest BCUT2D eigenvalue weighted by Gasteiger charge is -2.06. The Morgan fingerprint density at radius 3 is 2.35 bits per heavy atom. The number of urea groups is 1. The van der Waals surface area contributed by atoms with E-state index >= 15 is 0 Å². The maximum atomic E-state index is 11.5. The summed E-state index contributed by atoms with van der Waals surface area (Å²) >= 11 is 0. The minimum absolute atomic E-state index is 0.250. The van der Waals surface area contributed by atoms with Crippen molar-refractivity contribution < 1.29 is 4.79 Å². The number of rotatable bonds is 2. The van der Waals surface area contributed by atoms with Crippen molar-refractivity contribution in [2.45, 2.75) is 0 Å². The van der Waals surface area contributed by atoms with Crippen LogP contribution in [-0.4, -0.2) is 16.0 Å². The highest BCUT2D eigenvalue weighted by Gasteiger charge is 2.03. The Morgan fingerprint density at radius 1 is 1.06 bits per heavy atom. The third-order valence-electron chi connectivity index (χ3n) is 1.96. The summed E-state index contributed by atoms with van der Waals surface area (Å²) in [6.07, 6.45) is 3.09. The zero-order chi connectivity index (χ0) is 12.1. The largest absolute Gasteiger partial charge is 0.399 e. The van der Waals surface area contributed by atoms with Crippen molar-refractivity contribution >= 4 is 23.4 Å². The van der Waals surface area contributed by atoms with Gasteiger partial charge in [-0.3, -0.25) is 5.32 Å². The summed E-state index contributed by atoms with van der Waals surface area (Å²) in [7, 11) is 0. The fourth-order valence-electron chi connectivity index (χ4n) is 1.19. The monoisotopic (exact) mass is 229 g/mol. The molecule has 2 amide bonds. The van der Waals surface area contributed by atoms with E-state index in [4.69, 9.17) is 5.73 Å². The summed E-state index contributed by atoms with van der Waals surface area (Å²) in [5.41, 5.74) is 6.82. The average Bonchev–Trinajstić information content (AvgIpc) is 2.33. The molecule has 6 heteroatoms. The lowest BCUT2D eigenvalue weighted by Crippen LogP contribution is -2.20. The fraction of sp³-hybridized carbons (Fsp3) is 0. The van der Waals surface area contributed by atoms with Crippen molar-refractivity contribution in [2.24, 2.45) is 0 Å². The molecule has 0 unspecified atom stereocenters. The molecule has 0 saturated heterocycles. The Labute approximate surface area is 97.9 Å². The number of carbonyl (C=O) groups is 1. The van der Waals surface area contributed by atoms with Crippen molar-refractivity contribution in [1.82, 2.24) is 9.97 Å². The number of hydrogen-bond donors (Lipinski definition) is 3. The molecule has 0 saturated carbocycles. The number of hydrogen-bond acceptors (Lipinski definition) is 4. The first-order valence-corrected chi connectivity index (χ1v) is 4.94. The van der Waals surface area contributed by atoms with Crippen LogP contribution in [0.5, 0.6) is 0 Å². The predicted octanol–water partition coefficient (Wildman–Crippen LogP) is 1.70. The Hall–Kier alpha value is -2.63. The minimum atomic E-state index is -0.402. The van der Waals surface area contributed by atoms with Gasteiger partial charge in [-0.15, -0.1) is 0 Å². The van der Waals surface area contributed by atoms with Gasteiger partial charge >= 0.3 is 6.03 Å². The van der Waals surface area contributed by atoms with Gasteiger partial charge in [-0.2, -0.15) is 0 Å². The van der Waals surface area contributed by atoms with Gasteiger partial charge in [0.25, 0.3) is 0 Å². The maximum Gasteiger partial charge on any atom is 0.326 e. The Balaban J connectivity index is 1.96. The van der Waals surface area contributed by atoms with Crippen molar-refractivity contribution in [3.05, 3.63) is 42.7 Å². The van der Waals surface area contributed by atoms with E-state index in [-0.39, 0.29) is 5.95 Å². The van der Waals surface area contributed by atoms with E-state index in [0.717, 1.165) is 0 Å². The van der Waals surface area contributed by atoms with Crippen LogP contribution >= 0.6 is 0 Å². The minimum Gasteiger partial charge on any atom is -0.399 e. The summed E-state index contributed by atoms with van der Waals surface area (Å²) in [5.74, 6) is 0.250. The van der Waals surface area contributed by atoms with Gasteiger partial charge in [0.15, 0.2) is 0 Å². The Kier molecular flexibility index (Phi) is 3.15. The van der Waals surface area contributed by atoms with Crippen LogP contribution in [0.25, 0.3) is 0 Å². The summed E-state index contributed by atoms with van der Waals surface area (Å²) in [6.45, 7) is 0. The smallest absolute Gasteiger partial charge is 0.326 e. The van der Waals surface area contributed by atoms with Gasteiger partial charge < -0.3 is 11.1 Å². The predicted molar refractivity (Wildman–Crippen MR) is 65.5 cm³/mol. The molecular formula is C11H11N5O. The number of nitrogens with two attached hydrogens (primary N) is 1. The normalized spacial score (nSPS) is 9.65. The first-order chi connectivity index (χ1) is 8.24. The summed E-state index contributed by atoms with van der Waals surface area (Å²) in [5, 5.41) is 5.13. The molecule has 0 aliphatic heterocycles. The molecule has 0 fully saturated rings. The number of anilines is 3. The molecule has 0 radical (unpaired) electrons. The van der Waals surface area contributed by atoms with Crippen LogP contribution in [0.4, 0.5) is 22.1 Å². The second-order valence-corrected chi connectivity index (χ2v) is 3.27. The summed E-state index contributed by atoms with van der Waals surface area (Å²) < 4.78 is 0. The van der Waals surface area contributed by atoms with E-state index in [1.54, 1.807) is 42.7 Å². The van der Waals surface area contributed by atoms with Crippen LogP contribution in [0, 0.1) is 0 Å². The van der Waals surface area contributed by atoms with E-state index in [1.807, 2.05) is 0 Å². The molecular weight excluding hydrogens is 218 g/mol. The Bertz CT molecular complexity index is 497. The summed E-state index contributed by atoms with van der Waals surface area (Å²) in [4.78, 5) is 19.3. The molecule has 0 aliphatic carbocycles. The molecule has 17 heavy (non-hydrogen) atoms. The van der Waals surface area contributed by atoms with Gasteiger partial charge in [0.1, 0.15) is 0 Å². The van der Waals surface area contributed by atoms with Gasteiger partial charge in [-0.05, 0) is 30.3 Å². The zero-order valence-corrected chi connectivity index (χ0v) is 8.92. The second-order valence-electron chi connectivity index (χ2n) is 3.27. The molecule has 1 aromatic carbocycles. The van der Waals surface area contributed by atoms with Crippen LogP contribution in [0.2, 0.25) is 0 Å². The van der Waals surface area contributed by atoms with Crippen LogP contribution in [0.1, 0.15) is 0 Å². The molecule has 86 valence electrons. The highest BCUT2D eigenvalue weighted by atomic mass is 16.2. The van der Waals surface area contributed by atoms with Gasteiger partial charge in [0.05, 0.1) is 0 Å². The maximum absolute atomic E-state index is 11.5. The van der Waals surface area contributed by atoms with E-state index in [2.05, 4.69) is 20.6 Å². The molecule has 0 bridgehead atoms. The quantitative estimate of drug-likeness (QED) is 0.683. The third-order valence-corrected chi connectivity index (χ3v) is 1.96. The van der Waals surface area contributed by atoms with Crippen LogP contribution < -0.4 is 16.4 Å². The standard InChI is InChI=1S/C11H11N5O/c12-8-2-4-9(5-3-8)15-11(17)16-10-13-6-1-7-14-10/h1-7H,12H2,(H2,13,14,15,16,17). The van der Waals surface area contributed by atoms with Crippen LogP contribution in [0.3, 0.4) is 0 Å². The van der Waals surface area contributed by atoms with Gasteiger partial charge in [0.2, 0.25) is 5.95 Å². The molecule has 0 spiro atoms. The lowest BCUT2D eigenvalue weighted by atomic mass is 10.3. The zero-order valence-electron chi connectivity index (χ0n) is 8.92. The van der Waals surface area contributed by atoms with Crippen molar-refractivity contribution in [3.63, 3.8) is 0 Å². The molecule has 2 aromatic rings. The van der Waals surface area contributed by atoms with Crippen molar-refractivity contribution in [3.8, 4) is 0 Å². The van der Waals surface area contributed by atoms with E-state index in [1.165, 1.54) is 0 Å². The first kappa shape index (κ1) is 10.9. The Morgan fingerprint density at radius 2 is 1.71 bits per heavy atom. The lowest BCUT2D eigenvalue weighted by molar-refractivity contribution is 0.262. The number of nitrogen functional groups attached to an aromatic ring is 1. The van der Waals surface area contributed by atoms with E-state index in [0.29, 0.717) is 11.4 Å². The second kappa shape index (κ2) is 4.93. The molecule has 1 heterocycles. The molecule has 4 N–H and O–H groups in total. The average molecular weight is 229 g/mol. The summed E-state index contributed by atoms with van der Waals surface area (Å²) in [6, 6.07) is 8.09. The number of amides is 2. The highest BCUT2D eigenvalue weighted by molar-refractivity contribution is 5.98. The van der Waals surface area contributed by atoms with E-state index in [9.17, 15) is 4.79 Å². The topological polar surface area (TPSA) is 92.9 Å². The highest BCUT2D eigenvalue weighted by Crippen LogP contribution is 2.10. The fourth-order valence-corrected chi connectivity index (χ4v) is 1.19. The number of nitrogens with one attached hydrogen (secondary N) is 2. The SMILES string of the molecule is Nc1ccc(NC(=O)Nc2ncccn2)cc1. The molecule has 0 aliphatic rings. The molecule has 2 rings (SSSR count). The molecule has 6 nitrogen and oxygen atoms in total. The third kappa shape index (κ3) is 3.16. The number of benzene rings is 1. The van der Waals surface area contributed by atoms with E-state index < -0.39 is 6.03 Å². The van der Waals surface area contributed by atoms with Gasteiger partial charge in [0, 0.05) is 23.8 Å².